The van der Waals surface area contributed by atoms with Gasteiger partial charge in [-0.2, -0.15) is 4.31 Å². The van der Waals surface area contributed by atoms with E-state index in [2.05, 4.69) is 15.9 Å². The van der Waals surface area contributed by atoms with Gasteiger partial charge in [0, 0.05) is 30.7 Å². The van der Waals surface area contributed by atoms with Gasteiger partial charge in [-0.05, 0) is 40.9 Å². The molecule has 1 aromatic carbocycles. The number of likely N-dealkylation sites (tertiary alicyclic amines) is 1. The van der Waals surface area contributed by atoms with E-state index in [0.29, 0.717) is 23.9 Å². The molecule has 0 aromatic heterocycles. The number of benzene rings is 1. The molecule has 6 nitrogen and oxygen atoms in total. The Bertz CT molecular complexity index is 635. The maximum Gasteiger partial charge on any atom is 0.407 e. The van der Waals surface area contributed by atoms with E-state index >= 15 is 0 Å². The molecule has 0 radical (unpaired) electrons. The molecule has 1 atom stereocenters. The molecular weight excluding hydrogens is 360 g/mol. The summed E-state index contributed by atoms with van der Waals surface area (Å²) in [4.78, 5) is 12.5. The van der Waals surface area contributed by atoms with Crippen LogP contribution in [0.15, 0.2) is 33.6 Å². The summed E-state index contributed by atoms with van der Waals surface area (Å²) in [6.07, 6.45) is 0.308. The lowest BCUT2D eigenvalue weighted by molar-refractivity contribution is 0.116. The molecule has 0 saturated carbocycles. The van der Waals surface area contributed by atoms with Gasteiger partial charge in [0.2, 0.25) is 10.0 Å². The topological polar surface area (TPSA) is 77.9 Å². The van der Waals surface area contributed by atoms with Gasteiger partial charge in [-0.15, -0.1) is 0 Å². The first kappa shape index (κ1) is 16.3. The Morgan fingerprint density at radius 3 is 2.71 bits per heavy atom. The smallest absolute Gasteiger partial charge is 0.407 e. The van der Waals surface area contributed by atoms with Crippen LogP contribution in [-0.2, 0) is 10.0 Å². The van der Waals surface area contributed by atoms with Gasteiger partial charge < -0.3 is 10.0 Å². The monoisotopic (exact) mass is 376 g/mol. The van der Waals surface area contributed by atoms with Crippen molar-refractivity contribution in [3.63, 3.8) is 0 Å². The Hall–Kier alpha value is -1.12. The van der Waals surface area contributed by atoms with E-state index in [0.717, 1.165) is 0 Å². The minimum absolute atomic E-state index is 0.194. The second-order valence-electron chi connectivity index (χ2n) is 4.98. The number of piperidine rings is 1. The normalized spacial score (nSPS) is 19.8. The zero-order valence-corrected chi connectivity index (χ0v) is 14.0. The Morgan fingerprint density at radius 1 is 1.43 bits per heavy atom. The molecule has 1 amide bonds. The van der Waals surface area contributed by atoms with E-state index in [1.807, 2.05) is 0 Å². The van der Waals surface area contributed by atoms with E-state index in [9.17, 15) is 13.2 Å². The zero-order chi connectivity index (χ0) is 15.6. The van der Waals surface area contributed by atoms with Crippen LogP contribution in [0.3, 0.4) is 0 Å². The fraction of sp³-hybridized carbons (Fsp3) is 0.462. The number of carbonyl (C=O) groups is 1. The van der Waals surface area contributed by atoms with Gasteiger partial charge in [0.1, 0.15) is 0 Å². The molecule has 0 bridgehead atoms. The number of likely N-dealkylation sites (N-methyl/N-ethyl adjacent to an activating group) is 1. The summed E-state index contributed by atoms with van der Waals surface area (Å²) in [6.45, 7) is 0.657. The van der Waals surface area contributed by atoms with Gasteiger partial charge in [0.05, 0.1) is 4.90 Å². The number of nitrogens with zero attached hydrogens (tertiary/aromatic N) is 2. The number of hydrogen-bond donors (Lipinski definition) is 1. The summed E-state index contributed by atoms with van der Waals surface area (Å²) in [5.41, 5.74) is 0. The van der Waals surface area contributed by atoms with Crippen LogP contribution in [0.5, 0.6) is 0 Å². The maximum atomic E-state index is 12.7. The summed E-state index contributed by atoms with van der Waals surface area (Å²) in [5, 5.41) is 9.05. The molecule has 1 aliphatic heterocycles. The fourth-order valence-electron chi connectivity index (χ4n) is 2.43. The zero-order valence-electron chi connectivity index (χ0n) is 11.6. The minimum Gasteiger partial charge on any atom is -0.465 e. The Kier molecular flexibility index (Phi) is 4.90. The third kappa shape index (κ3) is 3.38. The Morgan fingerprint density at radius 2 is 2.10 bits per heavy atom. The number of carboxylic acid groups (broad SMARTS) is 1. The van der Waals surface area contributed by atoms with Crippen molar-refractivity contribution in [2.24, 2.45) is 0 Å². The van der Waals surface area contributed by atoms with Crippen molar-refractivity contribution in [2.45, 2.75) is 23.8 Å². The second-order valence-corrected chi connectivity index (χ2v) is 7.80. The highest BCUT2D eigenvalue weighted by Gasteiger charge is 2.33. The summed E-state index contributed by atoms with van der Waals surface area (Å²) in [6, 6.07) is 6.27. The van der Waals surface area contributed by atoms with Crippen molar-refractivity contribution in [3.05, 3.63) is 28.7 Å². The quantitative estimate of drug-likeness (QED) is 0.876. The van der Waals surface area contributed by atoms with Crippen molar-refractivity contribution in [1.82, 2.24) is 9.21 Å². The SMILES string of the molecule is CN([C@H]1CCCN(C(=O)O)C1)S(=O)(=O)c1ccccc1Br. The molecule has 116 valence electrons. The Balaban J connectivity index is 2.24. The van der Waals surface area contributed by atoms with Crippen LogP contribution in [-0.4, -0.2) is 55.0 Å². The number of amides is 1. The first-order valence-corrected chi connectivity index (χ1v) is 8.78. The lowest BCUT2D eigenvalue weighted by atomic mass is 10.1. The predicted octanol–water partition coefficient (Wildman–Crippen LogP) is 2.21. The first-order valence-electron chi connectivity index (χ1n) is 6.54. The predicted molar refractivity (Wildman–Crippen MR) is 81.7 cm³/mol. The molecule has 1 saturated heterocycles. The number of halogens is 1. The van der Waals surface area contributed by atoms with E-state index in [4.69, 9.17) is 5.11 Å². The summed E-state index contributed by atoms with van der Waals surface area (Å²) in [7, 11) is -2.15. The van der Waals surface area contributed by atoms with Crippen LogP contribution < -0.4 is 0 Å². The molecule has 0 spiro atoms. The fourth-order valence-corrected chi connectivity index (χ4v) is 4.77. The summed E-state index contributed by atoms with van der Waals surface area (Å²) < 4.78 is 27.1. The van der Waals surface area contributed by atoms with Crippen LogP contribution in [0.1, 0.15) is 12.8 Å². The van der Waals surface area contributed by atoms with Crippen LogP contribution in [0.2, 0.25) is 0 Å². The molecule has 1 aromatic rings. The van der Waals surface area contributed by atoms with Crippen molar-refractivity contribution in [2.75, 3.05) is 20.1 Å². The molecule has 8 heteroatoms. The van der Waals surface area contributed by atoms with Crippen molar-refractivity contribution < 1.29 is 18.3 Å². The van der Waals surface area contributed by atoms with Gasteiger partial charge in [0.25, 0.3) is 0 Å². The summed E-state index contributed by atoms with van der Waals surface area (Å²) >= 11 is 3.25. The van der Waals surface area contributed by atoms with Crippen LogP contribution in [0.4, 0.5) is 4.79 Å². The van der Waals surface area contributed by atoms with Crippen molar-refractivity contribution in [1.29, 1.82) is 0 Å². The van der Waals surface area contributed by atoms with E-state index < -0.39 is 16.1 Å². The lowest BCUT2D eigenvalue weighted by Crippen LogP contribution is -2.49. The van der Waals surface area contributed by atoms with Crippen LogP contribution in [0, 0.1) is 0 Å². The average Bonchev–Trinajstić information content (AvgIpc) is 2.46. The lowest BCUT2D eigenvalue weighted by Gasteiger charge is -2.35. The van der Waals surface area contributed by atoms with Gasteiger partial charge in [-0.1, -0.05) is 12.1 Å². The molecule has 1 fully saturated rings. The average molecular weight is 377 g/mol. The molecular formula is C13H17BrN2O4S. The standard InChI is InChI=1S/C13H17BrN2O4S/c1-15(10-5-4-8-16(9-10)13(17)18)21(19,20)12-7-3-2-6-11(12)14/h2-3,6-7,10H,4-5,8-9H2,1H3,(H,17,18)/t10-/m0/s1. The summed E-state index contributed by atoms with van der Waals surface area (Å²) in [5.74, 6) is 0. The second kappa shape index (κ2) is 6.33. The molecule has 2 rings (SSSR count). The third-order valence-electron chi connectivity index (χ3n) is 3.67. The van der Waals surface area contributed by atoms with Gasteiger partial charge in [-0.25, -0.2) is 13.2 Å². The minimum atomic E-state index is -3.65. The largest absolute Gasteiger partial charge is 0.465 e. The first-order chi connectivity index (χ1) is 9.84. The van der Waals surface area contributed by atoms with Gasteiger partial charge >= 0.3 is 6.09 Å². The van der Waals surface area contributed by atoms with Gasteiger partial charge in [0.15, 0.2) is 0 Å². The highest BCUT2D eigenvalue weighted by atomic mass is 79.9. The van der Waals surface area contributed by atoms with Crippen molar-refractivity contribution in [3.8, 4) is 0 Å². The molecule has 1 aliphatic rings. The molecule has 0 unspecified atom stereocenters. The van der Waals surface area contributed by atoms with Crippen LogP contribution >= 0.6 is 15.9 Å². The van der Waals surface area contributed by atoms with E-state index in [1.165, 1.54) is 22.3 Å². The number of rotatable bonds is 3. The molecule has 1 heterocycles. The van der Waals surface area contributed by atoms with Crippen molar-refractivity contribution >= 4 is 32.0 Å². The highest BCUT2D eigenvalue weighted by molar-refractivity contribution is 9.10. The van der Waals surface area contributed by atoms with E-state index in [1.54, 1.807) is 18.2 Å². The number of sulfonamides is 1. The molecule has 0 aliphatic carbocycles. The van der Waals surface area contributed by atoms with Crippen LogP contribution in [0.25, 0.3) is 0 Å². The Labute approximate surface area is 132 Å². The highest BCUT2D eigenvalue weighted by Crippen LogP contribution is 2.27. The molecule has 21 heavy (non-hydrogen) atoms. The van der Waals surface area contributed by atoms with Gasteiger partial charge in [-0.3, -0.25) is 0 Å². The number of hydrogen-bond acceptors (Lipinski definition) is 3. The third-order valence-corrected chi connectivity index (χ3v) is 6.60. The molecule has 1 N–H and O–H groups in total. The van der Waals surface area contributed by atoms with E-state index in [-0.39, 0.29) is 17.5 Å². The maximum absolute atomic E-state index is 12.7.